The molecule has 1 aromatic carbocycles. The molecule has 0 spiro atoms. The van der Waals surface area contributed by atoms with Gasteiger partial charge in [-0.1, -0.05) is 0 Å². The maximum absolute atomic E-state index is 11.8. The number of carbonyl (C=O) groups excluding carboxylic acids is 3. The number of hydrogen-bond donors (Lipinski definition) is 3. The van der Waals surface area contributed by atoms with Crippen molar-refractivity contribution in [2.75, 3.05) is 38.9 Å². The minimum Gasteiger partial charge on any atom is -0.465 e. The monoisotopic (exact) mass is 373 g/mol. The number of benzene rings is 1. The first-order chi connectivity index (χ1) is 11.7. The van der Waals surface area contributed by atoms with Gasteiger partial charge < -0.3 is 20.1 Å². The second kappa shape index (κ2) is 8.99. The highest BCUT2D eigenvalue weighted by Crippen LogP contribution is 2.17. The molecule has 0 atom stereocenters. The van der Waals surface area contributed by atoms with Crippen molar-refractivity contribution in [3.05, 3.63) is 29.3 Å². The Morgan fingerprint density at radius 1 is 0.960 bits per heavy atom. The van der Waals surface area contributed by atoms with Crippen molar-refractivity contribution in [3.63, 3.8) is 0 Å². The van der Waals surface area contributed by atoms with Crippen LogP contribution in [0, 0.1) is 0 Å². The largest absolute Gasteiger partial charge is 0.465 e. The van der Waals surface area contributed by atoms with Crippen molar-refractivity contribution < 1.29 is 32.3 Å². The van der Waals surface area contributed by atoms with E-state index >= 15 is 0 Å². The molecule has 0 unspecified atom stereocenters. The Morgan fingerprint density at radius 3 is 1.92 bits per heavy atom. The summed E-state index contributed by atoms with van der Waals surface area (Å²) >= 11 is 0. The summed E-state index contributed by atoms with van der Waals surface area (Å²) in [4.78, 5) is 35.1. The highest BCUT2D eigenvalue weighted by Gasteiger charge is 2.15. The van der Waals surface area contributed by atoms with E-state index in [-0.39, 0.29) is 29.9 Å². The maximum Gasteiger partial charge on any atom is 0.337 e. The molecule has 0 saturated carbocycles. The second-order valence-corrected chi connectivity index (χ2v) is 6.66. The first kappa shape index (κ1) is 20.4. The zero-order chi connectivity index (χ0) is 19.0. The molecule has 10 nitrogen and oxygen atoms in total. The molecule has 0 radical (unpaired) electrons. The number of urea groups is 1. The molecule has 0 aliphatic carbocycles. The molecule has 0 aliphatic rings. The van der Waals surface area contributed by atoms with Gasteiger partial charge in [0.15, 0.2) is 0 Å². The Labute approximate surface area is 144 Å². The number of amides is 2. The van der Waals surface area contributed by atoms with Gasteiger partial charge in [0.2, 0.25) is 10.0 Å². The van der Waals surface area contributed by atoms with Crippen molar-refractivity contribution in [2.24, 2.45) is 0 Å². The van der Waals surface area contributed by atoms with E-state index in [1.807, 2.05) is 0 Å². The van der Waals surface area contributed by atoms with Crippen LogP contribution in [-0.2, 0) is 19.5 Å². The zero-order valence-electron chi connectivity index (χ0n) is 13.9. The van der Waals surface area contributed by atoms with Crippen LogP contribution in [-0.4, -0.2) is 60.0 Å². The molecular formula is C14H19N3O7S. The summed E-state index contributed by atoms with van der Waals surface area (Å²) in [6, 6.07) is 3.28. The van der Waals surface area contributed by atoms with Crippen LogP contribution < -0.4 is 15.4 Å². The molecule has 0 bridgehead atoms. The molecule has 138 valence electrons. The zero-order valence-corrected chi connectivity index (χ0v) is 14.7. The number of esters is 2. The van der Waals surface area contributed by atoms with E-state index in [9.17, 15) is 22.8 Å². The molecule has 1 rings (SSSR count). The van der Waals surface area contributed by atoms with Crippen LogP contribution >= 0.6 is 0 Å². The van der Waals surface area contributed by atoms with Gasteiger partial charge in [-0.3, -0.25) is 0 Å². The standard InChI is InChI=1S/C14H19N3O7S/c1-23-12(18)9-6-10(13(19)24-2)8-11(7-9)17-14(20)15-4-5-16-25(3,21)22/h6-8,16H,4-5H2,1-3H3,(H2,15,17,20). The lowest BCUT2D eigenvalue weighted by Gasteiger charge is -2.10. The van der Waals surface area contributed by atoms with Gasteiger partial charge in [-0.05, 0) is 18.2 Å². The van der Waals surface area contributed by atoms with Gasteiger partial charge in [0.25, 0.3) is 0 Å². The number of rotatable bonds is 7. The number of sulfonamides is 1. The maximum atomic E-state index is 11.8. The van der Waals surface area contributed by atoms with Gasteiger partial charge in [0.1, 0.15) is 0 Å². The van der Waals surface area contributed by atoms with Crippen LogP contribution in [0.1, 0.15) is 20.7 Å². The lowest BCUT2D eigenvalue weighted by molar-refractivity contribution is 0.0599. The third kappa shape index (κ3) is 7.18. The van der Waals surface area contributed by atoms with E-state index in [1.54, 1.807) is 0 Å². The van der Waals surface area contributed by atoms with Gasteiger partial charge >= 0.3 is 18.0 Å². The molecule has 2 amide bonds. The fourth-order valence-corrected chi connectivity index (χ4v) is 2.23. The molecule has 25 heavy (non-hydrogen) atoms. The van der Waals surface area contributed by atoms with Gasteiger partial charge in [-0.25, -0.2) is 27.5 Å². The van der Waals surface area contributed by atoms with Crippen LogP contribution in [0.3, 0.4) is 0 Å². The average molecular weight is 373 g/mol. The minimum atomic E-state index is -3.34. The van der Waals surface area contributed by atoms with E-state index in [4.69, 9.17) is 0 Å². The van der Waals surface area contributed by atoms with Crippen LogP contribution in [0.15, 0.2) is 18.2 Å². The predicted molar refractivity (Wildman–Crippen MR) is 89.0 cm³/mol. The molecule has 0 saturated heterocycles. The van der Waals surface area contributed by atoms with Gasteiger partial charge in [0, 0.05) is 18.8 Å². The van der Waals surface area contributed by atoms with E-state index < -0.39 is 28.0 Å². The van der Waals surface area contributed by atoms with Crippen LogP contribution in [0.4, 0.5) is 10.5 Å². The summed E-state index contributed by atoms with van der Waals surface area (Å²) in [6.07, 6.45) is 1.000. The van der Waals surface area contributed by atoms with Crippen LogP contribution in [0.5, 0.6) is 0 Å². The first-order valence-electron chi connectivity index (χ1n) is 6.97. The molecule has 11 heteroatoms. The smallest absolute Gasteiger partial charge is 0.337 e. The number of nitrogens with one attached hydrogen (secondary N) is 3. The average Bonchev–Trinajstić information content (AvgIpc) is 2.56. The van der Waals surface area contributed by atoms with Gasteiger partial charge in [-0.15, -0.1) is 0 Å². The topological polar surface area (TPSA) is 140 Å². The van der Waals surface area contributed by atoms with Crippen molar-refractivity contribution in [2.45, 2.75) is 0 Å². The van der Waals surface area contributed by atoms with E-state index in [1.165, 1.54) is 32.4 Å². The third-order valence-corrected chi connectivity index (χ3v) is 3.54. The SMILES string of the molecule is COC(=O)c1cc(NC(=O)NCCNS(C)(=O)=O)cc(C(=O)OC)c1. The molecule has 0 aromatic heterocycles. The Bertz CT molecular complexity index is 727. The lowest BCUT2D eigenvalue weighted by Crippen LogP contribution is -2.36. The number of ether oxygens (including phenoxy) is 2. The second-order valence-electron chi connectivity index (χ2n) is 4.83. The highest BCUT2D eigenvalue weighted by atomic mass is 32.2. The van der Waals surface area contributed by atoms with Crippen molar-refractivity contribution in [1.29, 1.82) is 0 Å². The van der Waals surface area contributed by atoms with Gasteiger partial charge in [-0.2, -0.15) is 0 Å². The Balaban J connectivity index is 2.80. The van der Waals surface area contributed by atoms with Crippen LogP contribution in [0.2, 0.25) is 0 Å². The highest BCUT2D eigenvalue weighted by molar-refractivity contribution is 7.88. The molecule has 3 N–H and O–H groups in total. The molecular weight excluding hydrogens is 354 g/mol. The molecule has 1 aromatic rings. The van der Waals surface area contributed by atoms with Crippen molar-refractivity contribution in [3.8, 4) is 0 Å². The fourth-order valence-electron chi connectivity index (χ4n) is 1.76. The number of carbonyl (C=O) groups is 3. The summed E-state index contributed by atoms with van der Waals surface area (Å²) in [5.74, 6) is -1.38. The Morgan fingerprint density at radius 2 is 1.48 bits per heavy atom. The first-order valence-corrected chi connectivity index (χ1v) is 8.86. The number of methoxy groups -OCH3 is 2. The fraction of sp³-hybridized carbons (Fsp3) is 0.357. The normalized spacial score (nSPS) is 10.7. The Hall–Kier alpha value is -2.66. The number of hydrogen-bond acceptors (Lipinski definition) is 7. The summed E-state index contributed by atoms with van der Waals surface area (Å²) in [6.45, 7) is 0.0569. The van der Waals surface area contributed by atoms with Gasteiger partial charge in [0.05, 0.1) is 31.6 Å². The lowest BCUT2D eigenvalue weighted by atomic mass is 10.1. The summed E-state index contributed by atoms with van der Waals surface area (Å²) in [5.41, 5.74) is 0.274. The quantitative estimate of drug-likeness (QED) is 0.449. The Kier molecular flexibility index (Phi) is 7.33. The van der Waals surface area contributed by atoms with Crippen LogP contribution in [0.25, 0.3) is 0 Å². The molecule has 0 aliphatic heterocycles. The minimum absolute atomic E-state index is 0.0157. The number of anilines is 1. The predicted octanol–water partition coefficient (Wildman–Crippen LogP) is -0.0695. The van der Waals surface area contributed by atoms with E-state index in [0.717, 1.165) is 6.26 Å². The van der Waals surface area contributed by atoms with Crippen molar-refractivity contribution >= 4 is 33.7 Å². The van der Waals surface area contributed by atoms with Crippen molar-refractivity contribution in [1.82, 2.24) is 10.0 Å². The molecule has 0 heterocycles. The van der Waals surface area contributed by atoms with E-state index in [2.05, 4.69) is 24.8 Å². The molecule has 0 fully saturated rings. The summed E-state index contributed by atoms with van der Waals surface area (Å²) < 4.78 is 33.2. The summed E-state index contributed by atoms with van der Waals surface area (Å²) in [5, 5.41) is 4.86. The summed E-state index contributed by atoms with van der Waals surface area (Å²) in [7, 11) is -0.977. The third-order valence-electron chi connectivity index (χ3n) is 2.81. The van der Waals surface area contributed by atoms with E-state index in [0.29, 0.717) is 0 Å².